The van der Waals surface area contributed by atoms with Crippen molar-refractivity contribution in [3.05, 3.63) is 49.9 Å². The lowest BCUT2D eigenvalue weighted by molar-refractivity contribution is -0.131. The molecule has 0 unspecified atom stereocenters. The van der Waals surface area contributed by atoms with E-state index >= 15 is 0 Å². The smallest absolute Gasteiger partial charge is 0.236 e. The van der Waals surface area contributed by atoms with Crippen molar-refractivity contribution >= 4 is 40.4 Å². The highest BCUT2D eigenvalue weighted by molar-refractivity contribution is 7.09. The normalized spacial score (nSPS) is 11.1. The van der Waals surface area contributed by atoms with Crippen molar-refractivity contribution in [3.63, 3.8) is 0 Å². The van der Waals surface area contributed by atoms with Crippen LogP contribution >= 0.6 is 34.5 Å². The molecule has 1 amide bonds. The van der Waals surface area contributed by atoms with Gasteiger partial charge in [-0.2, -0.15) is 0 Å². The number of amides is 1. The number of hydrogen-bond donors (Lipinski definition) is 0. The number of nitrogens with zero attached hydrogens (tertiary/aromatic N) is 3. The predicted molar refractivity (Wildman–Crippen MR) is 101 cm³/mol. The Hall–Kier alpha value is -1.14. The lowest BCUT2D eigenvalue weighted by atomic mass is 10.2. The lowest BCUT2D eigenvalue weighted by Crippen LogP contribution is -2.36. The number of benzene rings is 1. The first-order valence-corrected chi connectivity index (χ1v) is 9.32. The fraction of sp³-hybridized carbons (Fsp3) is 0.412. The molecule has 0 saturated carbocycles. The first-order chi connectivity index (χ1) is 11.4. The topological polar surface area (TPSA) is 36.4 Å². The van der Waals surface area contributed by atoms with E-state index in [4.69, 9.17) is 23.2 Å². The molecule has 0 radical (unpaired) electrons. The first-order valence-electron chi connectivity index (χ1n) is 7.68. The van der Waals surface area contributed by atoms with E-state index in [1.54, 1.807) is 35.4 Å². The van der Waals surface area contributed by atoms with Gasteiger partial charge in [-0.3, -0.25) is 9.69 Å². The Kier molecular flexibility index (Phi) is 7.04. The summed E-state index contributed by atoms with van der Waals surface area (Å²) in [6.07, 6.45) is 0.944. The summed E-state index contributed by atoms with van der Waals surface area (Å²) < 4.78 is 0. The van der Waals surface area contributed by atoms with Crippen LogP contribution in [0.25, 0.3) is 0 Å². The molecule has 2 rings (SSSR count). The van der Waals surface area contributed by atoms with Crippen LogP contribution in [0.4, 0.5) is 0 Å². The van der Waals surface area contributed by atoms with Crippen molar-refractivity contribution in [2.75, 3.05) is 20.6 Å². The molecule has 0 saturated heterocycles. The van der Waals surface area contributed by atoms with Gasteiger partial charge in [-0.15, -0.1) is 11.3 Å². The average molecular weight is 386 g/mol. The predicted octanol–water partition coefficient (Wildman–Crippen LogP) is 4.10. The summed E-state index contributed by atoms with van der Waals surface area (Å²) in [6, 6.07) is 5.42. The van der Waals surface area contributed by atoms with E-state index in [0.717, 1.165) is 22.7 Å². The minimum atomic E-state index is 0.0505. The number of aryl methyl sites for hydroxylation is 1. The Bertz CT molecular complexity index is 705. The monoisotopic (exact) mass is 385 g/mol. The molecule has 130 valence electrons. The minimum Gasteiger partial charge on any atom is -0.340 e. The Morgan fingerprint density at radius 3 is 2.58 bits per heavy atom. The summed E-state index contributed by atoms with van der Waals surface area (Å²) in [4.78, 5) is 20.6. The van der Waals surface area contributed by atoms with Gasteiger partial charge < -0.3 is 4.90 Å². The van der Waals surface area contributed by atoms with Gasteiger partial charge >= 0.3 is 0 Å². The third kappa shape index (κ3) is 5.45. The molecule has 1 aromatic heterocycles. The minimum absolute atomic E-state index is 0.0505. The van der Waals surface area contributed by atoms with E-state index in [-0.39, 0.29) is 5.91 Å². The Morgan fingerprint density at radius 2 is 1.96 bits per heavy atom. The molecule has 24 heavy (non-hydrogen) atoms. The molecular formula is C17H21Cl2N3OS. The van der Waals surface area contributed by atoms with Gasteiger partial charge in [-0.25, -0.2) is 4.98 Å². The van der Waals surface area contributed by atoms with Gasteiger partial charge in [-0.05, 0) is 31.2 Å². The van der Waals surface area contributed by atoms with Crippen LogP contribution in [0.15, 0.2) is 23.6 Å². The van der Waals surface area contributed by atoms with Crippen LogP contribution in [0.1, 0.15) is 23.2 Å². The third-order valence-electron chi connectivity index (χ3n) is 3.57. The molecule has 0 fully saturated rings. The van der Waals surface area contributed by atoms with Crippen LogP contribution in [0, 0.1) is 0 Å². The summed E-state index contributed by atoms with van der Waals surface area (Å²) in [5.41, 5.74) is 1.97. The summed E-state index contributed by atoms with van der Waals surface area (Å²) in [7, 11) is 3.71. The Labute approximate surface area is 157 Å². The molecule has 2 aromatic rings. The molecule has 4 nitrogen and oxygen atoms in total. The van der Waals surface area contributed by atoms with Gasteiger partial charge in [0, 0.05) is 25.5 Å². The maximum Gasteiger partial charge on any atom is 0.236 e. The van der Waals surface area contributed by atoms with E-state index in [1.807, 2.05) is 18.0 Å². The maximum atomic E-state index is 12.4. The van der Waals surface area contributed by atoms with Crippen LogP contribution in [-0.4, -0.2) is 41.3 Å². The highest BCUT2D eigenvalue weighted by Crippen LogP contribution is 2.23. The van der Waals surface area contributed by atoms with Gasteiger partial charge in [0.1, 0.15) is 0 Å². The van der Waals surface area contributed by atoms with Gasteiger partial charge in [0.2, 0.25) is 5.91 Å². The van der Waals surface area contributed by atoms with Crippen LogP contribution < -0.4 is 0 Å². The molecule has 0 aliphatic carbocycles. The number of likely N-dealkylation sites (N-methyl/N-ethyl adjacent to an activating group) is 2. The van der Waals surface area contributed by atoms with Crippen molar-refractivity contribution < 1.29 is 4.79 Å². The van der Waals surface area contributed by atoms with Crippen molar-refractivity contribution in [3.8, 4) is 0 Å². The van der Waals surface area contributed by atoms with Gasteiger partial charge in [-0.1, -0.05) is 36.2 Å². The van der Waals surface area contributed by atoms with Crippen molar-refractivity contribution in [2.24, 2.45) is 0 Å². The molecule has 0 atom stereocenters. The Balaban J connectivity index is 1.86. The molecule has 0 bridgehead atoms. The fourth-order valence-corrected chi connectivity index (χ4v) is 3.32. The molecule has 7 heteroatoms. The highest BCUT2D eigenvalue weighted by Gasteiger charge is 2.14. The molecule has 0 N–H and O–H groups in total. The summed E-state index contributed by atoms with van der Waals surface area (Å²) in [5, 5.41) is 4.20. The number of hydrogen-bond acceptors (Lipinski definition) is 4. The van der Waals surface area contributed by atoms with E-state index in [2.05, 4.69) is 17.3 Å². The van der Waals surface area contributed by atoms with Crippen LogP contribution in [0.5, 0.6) is 0 Å². The Morgan fingerprint density at radius 1 is 1.21 bits per heavy atom. The van der Waals surface area contributed by atoms with Gasteiger partial charge in [0.15, 0.2) is 0 Å². The zero-order chi connectivity index (χ0) is 17.7. The number of carbonyl (C=O) groups is 1. The van der Waals surface area contributed by atoms with Crippen molar-refractivity contribution in [1.82, 2.24) is 14.8 Å². The molecule has 0 aliphatic rings. The number of aromatic nitrogens is 1. The summed E-state index contributed by atoms with van der Waals surface area (Å²) in [6.45, 7) is 3.60. The summed E-state index contributed by atoms with van der Waals surface area (Å²) >= 11 is 13.6. The highest BCUT2D eigenvalue weighted by atomic mass is 35.5. The van der Waals surface area contributed by atoms with Crippen LogP contribution in [-0.2, 0) is 24.3 Å². The zero-order valence-electron chi connectivity index (χ0n) is 14.1. The third-order valence-corrected chi connectivity index (χ3v) is 5.35. The number of carbonyl (C=O) groups excluding carboxylic acids is 1. The molecule has 0 aliphatic heterocycles. The van der Waals surface area contributed by atoms with Crippen molar-refractivity contribution in [2.45, 2.75) is 26.4 Å². The molecule has 0 spiro atoms. The second-order valence-corrected chi connectivity index (χ2v) is 7.51. The fourth-order valence-electron chi connectivity index (χ4n) is 2.27. The number of thiazole rings is 1. The van der Waals surface area contributed by atoms with E-state index in [1.165, 1.54) is 0 Å². The molecule has 1 heterocycles. The SMILES string of the molecule is CCc1nc(CN(C)CC(=O)N(C)Cc2ccc(Cl)c(Cl)c2)cs1. The van der Waals surface area contributed by atoms with Gasteiger partial charge in [0.05, 0.1) is 27.3 Å². The largest absolute Gasteiger partial charge is 0.340 e. The standard InChI is InChI=1S/C17H21Cl2N3OS/c1-4-16-20-13(11-24-16)9-21(2)10-17(23)22(3)8-12-5-6-14(18)15(19)7-12/h5-7,11H,4,8-10H2,1-3H3. The molecular weight excluding hydrogens is 365 g/mol. The first kappa shape index (κ1) is 19.2. The maximum absolute atomic E-state index is 12.4. The number of halogens is 2. The van der Waals surface area contributed by atoms with Crippen LogP contribution in [0.2, 0.25) is 10.0 Å². The van der Waals surface area contributed by atoms with Crippen molar-refractivity contribution in [1.29, 1.82) is 0 Å². The average Bonchev–Trinajstić information content (AvgIpc) is 2.98. The quantitative estimate of drug-likeness (QED) is 0.719. The second-order valence-electron chi connectivity index (χ2n) is 5.76. The summed E-state index contributed by atoms with van der Waals surface area (Å²) in [5.74, 6) is 0.0505. The lowest BCUT2D eigenvalue weighted by Gasteiger charge is -2.21. The van der Waals surface area contributed by atoms with Crippen LogP contribution in [0.3, 0.4) is 0 Å². The molecule has 1 aromatic carbocycles. The van der Waals surface area contributed by atoms with E-state index in [0.29, 0.717) is 29.7 Å². The zero-order valence-corrected chi connectivity index (χ0v) is 16.4. The number of rotatable bonds is 7. The van der Waals surface area contributed by atoms with Gasteiger partial charge in [0.25, 0.3) is 0 Å². The second kappa shape index (κ2) is 8.81. The van der Waals surface area contributed by atoms with E-state index < -0.39 is 0 Å². The van der Waals surface area contributed by atoms with E-state index in [9.17, 15) is 4.79 Å².